The van der Waals surface area contributed by atoms with Crippen molar-refractivity contribution in [3.05, 3.63) is 101 Å². The number of nitrogens with two attached hydrogens (primary N) is 1. The molecule has 2 aliphatic rings. The first kappa shape index (κ1) is 30.2. The van der Waals surface area contributed by atoms with Crippen molar-refractivity contribution in [2.45, 2.75) is 58.5 Å². The Kier molecular flexibility index (Phi) is 11.8. The third-order valence-corrected chi connectivity index (χ3v) is 7.31. The summed E-state index contributed by atoms with van der Waals surface area (Å²) >= 11 is 0. The van der Waals surface area contributed by atoms with Crippen LogP contribution in [0.5, 0.6) is 5.88 Å². The van der Waals surface area contributed by atoms with E-state index in [-0.39, 0.29) is 12.8 Å². The van der Waals surface area contributed by atoms with Crippen molar-refractivity contribution in [2.24, 2.45) is 5.73 Å². The third kappa shape index (κ3) is 8.56. The molecule has 1 aliphatic heterocycles. The summed E-state index contributed by atoms with van der Waals surface area (Å²) in [4.78, 5) is 6.58. The number of likely N-dealkylation sites (tertiary alicyclic amines) is 1. The van der Waals surface area contributed by atoms with Crippen LogP contribution in [-0.2, 0) is 4.74 Å². The highest BCUT2D eigenvalue weighted by Gasteiger charge is 2.24. The van der Waals surface area contributed by atoms with Gasteiger partial charge in [-0.25, -0.2) is 4.98 Å². The zero-order chi connectivity index (χ0) is 28.2. The number of halogens is 1. The molecule has 0 spiro atoms. The van der Waals surface area contributed by atoms with Gasteiger partial charge in [0.05, 0.1) is 19.5 Å². The lowest BCUT2D eigenvalue weighted by molar-refractivity contribution is 0.121. The molecule has 2 N–H and O–H groups in total. The van der Waals surface area contributed by atoms with Gasteiger partial charge in [-0.15, -0.1) is 0 Å². The first-order valence-corrected chi connectivity index (χ1v) is 13.9. The summed E-state index contributed by atoms with van der Waals surface area (Å²) in [7, 11) is 1.63. The van der Waals surface area contributed by atoms with Gasteiger partial charge in [0.15, 0.2) is 0 Å². The SMILES string of the molecule is C=C/C(=C\C=C(/C)O[C@H]1CCN(CCCF)C1)C1=C(c2ccnc(OC)c2)CCC/C(=C/C/C(N)=C\C)C1=C. The van der Waals surface area contributed by atoms with Crippen LogP contribution in [0.2, 0.25) is 0 Å². The lowest BCUT2D eigenvalue weighted by Gasteiger charge is -2.18. The molecule has 1 aliphatic carbocycles. The number of methoxy groups -OCH3 is 1. The first-order valence-electron chi connectivity index (χ1n) is 13.9. The summed E-state index contributed by atoms with van der Waals surface area (Å²) in [5, 5.41) is 0. The number of pyridine rings is 1. The van der Waals surface area contributed by atoms with Crippen molar-refractivity contribution in [2.75, 3.05) is 33.4 Å². The van der Waals surface area contributed by atoms with Crippen LogP contribution in [-0.4, -0.2) is 49.4 Å². The molecule has 5 nitrogen and oxygen atoms in total. The summed E-state index contributed by atoms with van der Waals surface area (Å²) in [5.74, 6) is 1.42. The van der Waals surface area contributed by atoms with Gasteiger partial charge in [-0.3, -0.25) is 9.29 Å². The van der Waals surface area contributed by atoms with Gasteiger partial charge in [-0.05, 0) is 91.5 Å². The van der Waals surface area contributed by atoms with Gasteiger partial charge < -0.3 is 15.2 Å². The largest absolute Gasteiger partial charge is 0.494 e. The summed E-state index contributed by atoms with van der Waals surface area (Å²) in [6.07, 6.45) is 17.1. The third-order valence-electron chi connectivity index (χ3n) is 7.31. The molecule has 1 aromatic heterocycles. The van der Waals surface area contributed by atoms with E-state index in [0.717, 1.165) is 79.1 Å². The molecule has 1 saturated heterocycles. The van der Waals surface area contributed by atoms with Gasteiger partial charge in [-0.2, -0.15) is 0 Å². The van der Waals surface area contributed by atoms with Crippen molar-refractivity contribution >= 4 is 5.57 Å². The van der Waals surface area contributed by atoms with Crippen LogP contribution < -0.4 is 10.5 Å². The molecular weight excluding hydrogens is 489 g/mol. The van der Waals surface area contributed by atoms with Gasteiger partial charge in [0.1, 0.15) is 6.10 Å². The Hall–Kier alpha value is -3.38. The average molecular weight is 534 g/mol. The molecule has 0 radical (unpaired) electrons. The molecule has 0 unspecified atom stereocenters. The number of nitrogens with zero attached hydrogens (tertiary/aromatic N) is 2. The van der Waals surface area contributed by atoms with E-state index in [1.165, 1.54) is 11.1 Å². The highest BCUT2D eigenvalue weighted by Crippen LogP contribution is 2.41. The van der Waals surface area contributed by atoms with Crippen LogP contribution in [0.25, 0.3) is 5.57 Å². The maximum atomic E-state index is 12.6. The molecular formula is C33H44FN3O2. The summed E-state index contributed by atoms with van der Waals surface area (Å²) in [6, 6.07) is 4.01. The predicted molar refractivity (Wildman–Crippen MR) is 160 cm³/mol. The molecule has 0 amide bonds. The number of hydrogen-bond acceptors (Lipinski definition) is 5. The molecule has 2 heterocycles. The molecule has 210 valence electrons. The number of allylic oxidation sites excluding steroid dienone is 11. The predicted octanol–water partition coefficient (Wildman–Crippen LogP) is 7.23. The Morgan fingerprint density at radius 2 is 2.13 bits per heavy atom. The molecule has 1 fully saturated rings. The van der Waals surface area contributed by atoms with E-state index in [0.29, 0.717) is 18.7 Å². The van der Waals surface area contributed by atoms with E-state index in [4.69, 9.17) is 15.2 Å². The molecule has 1 atom stereocenters. The van der Waals surface area contributed by atoms with E-state index in [1.54, 1.807) is 13.3 Å². The fourth-order valence-electron chi connectivity index (χ4n) is 5.15. The van der Waals surface area contributed by atoms with Gasteiger partial charge in [-0.1, -0.05) is 37.5 Å². The Morgan fingerprint density at radius 3 is 2.85 bits per heavy atom. The Bertz CT molecular complexity index is 1180. The highest BCUT2D eigenvalue weighted by atomic mass is 19.1. The molecule has 0 saturated carbocycles. The molecule has 0 aromatic carbocycles. The number of hydrogen-bond donors (Lipinski definition) is 1. The second-order valence-corrected chi connectivity index (χ2v) is 10.0. The van der Waals surface area contributed by atoms with Gasteiger partial charge in [0.25, 0.3) is 0 Å². The van der Waals surface area contributed by atoms with Crippen LogP contribution in [0.3, 0.4) is 0 Å². The Labute approximate surface area is 234 Å². The van der Waals surface area contributed by atoms with Gasteiger partial charge in [0.2, 0.25) is 5.88 Å². The summed E-state index contributed by atoms with van der Waals surface area (Å²) in [6.45, 7) is 15.0. The van der Waals surface area contributed by atoms with Gasteiger partial charge in [0, 0.05) is 44.0 Å². The maximum absolute atomic E-state index is 12.6. The molecule has 0 bridgehead atoms. The second-order valence-electron chi connectivity index (χ2n) is 10.0. The molecule has 39 heavy (non-hydrogen) atoms. The standard InChI is InChI=1S/C33H44FN3O2/c1-6-26(13-12-24(3)39-30-17-21-37(23-30)20-9-18-34)33-25(4)27(14-15-29(35)7-2)10-8-11-31(33)28-16-19-36-32(22-28)38-5/h6-7,12-14,16,19,22,30H,1,4,8-11,15,17-18,20-21,23,35H2,2-3,5H3/b24-12+,26-13+,27-14-,29-7+/t30-/m0/s1. The van der Waals surface area contributed by atoms with E-state index in [1.807, 2.05) is 44.2 Å². The van der Waals surface area contributed by atoms with Crippen molar-refractivity contribution < 1.29 is 13.9 Å². The fraction of sp³-hybridized carbons (Fsp3) is 0.424. The molecule has 3 rings (SSSR count). The van der Waals surface area contributed by atoms with Crippen LogP contribution in [0, 0.1) is 0 Å². The van der Waals surface area contributed by atoms with E-state index in [2.05, 4.69) is 35.2 Å². The van der Waals surface area contributed by atoms with E-state index in [9.17, 15) is 4.39 Å². The Morgan fingerprint density at radius 1 is 1.31 bits per heavy atom. The average Bonchev–Trinajstić information content (AvgIpc) is 3.33. The molecule has 1 aromatic rings. The quantitative estimate of drug-likeness (QED) is 0.227. The van der Waals surface area contributed by atoms with E-state index >= 15 is 0 Å². The van der Waals surface area contributed by atoms with Crippen molar-refractivity contribution in [3.8, 4) is 5.88 Å². The minimum absolute atomic E-state index is 0.125. The van der Waals surface area contributed by atoms with Crippen LogP contribution in [0.1, 0.15) is 57.9 Å². The maximum Gasteiger partial charge on any atom is 0.213 e. The second kappa shape index (κ2) is 15.3. The molecule has 6 heteroatoms. The number of rotatable bonds is 12. The lowest BCUT2D eigenvalue weighted by atomic mass is 9.87. The number of aromatic nitrogens is 1. The van der Waals surface area contributed by atoms with Crippen molar-refractivity contribution in [1.29, 1.82) is 0 Å². The minimum Gasteiger partial charge on any atom is -0.494 e. The fourth-order valence-corrected chi connectivity index (χ4v) is 5.15. The highest BCUT2D eigenvalue weighted by molar-refractivity contribution is 5.81. The van der Waals surface area contributed by atoms with Gasteiger partial charge >= 0.3 is 0 Å². The lowest BCUT2D eigenvalue weighted by Crippen LogP contribution is -2.24. The van der Waals surface area contributed by atoms with Crippen LogP contribution in [0.15, 0.2) is 95.6 Å². The first-order chi connectivity index (χ1) is 18.9. The monoisotopic (exact) mass is 533 g/mol. The normalized spacial score (nSPS) is 20.9. The smallest absolute Gasteiger partial charge is 0.213 e. The number of alkyl halides is 1. The Balaban J connectivity index is 1.96. The summed E-state index contributed by atoms with van der Waals surface area (Å²) in [5.41, 5.74) is 13.5. The van der Waals surface area contributed by atoms with E-state index < -0.39 is 0 Å². The van der Waals surface area contributed by atoms with Crippen LogP contribution >= 0.6 is 0 Å². The zero-order valence-electron chi connectivity index (χ0n) is 23.8. The zero-order valence-corrected chi connectivity index (χ0v) is 23.8. The summed E-state index contributed by atoms with van der Waals surface area (Å²) < 4.78 is 24.2. The van der Waals surface area contributed by atoms with Crippen LogP contribution in [0.4, 0.5) is 4.39 Å². The number of ether oxygens (including phenoxy) is 2. The van der Waals surface area contributed by atoms with Crippen molar-refractivity contribution in [1.82, 2.24) is 9.88 Å². The van der Waals surface area contributed by atoms with Crippen molar-refractivity contribution in [3.63, 3.8) is 0 Å². The minimum atomic E-state index is -0.273. The topological polar surface area (TPSA) is 60.6 Å².